The highest BCUT2D eigenvalue weighted by Gasteiger charge is 2.42. The molecule has 2 aliphatic rings. The van der Waals surface area contributed by atoms with E-state index in [2.05, 4.69) is 16.7 Å². The van der Waals surface area contributed by atoms with Crippen molar-refractivity contribution in [3.8, 4) is 0 Å². The minimum absolute atomic E-state index is 0.301. The molecule has 18 heavy (non-hydrogen) atoms. The molecular weight excluding hydrogens is 230 g/mol. The van der Waals surface area contributed by atoms with E-state index in [1.54, 1.807) is 0 Å². The van der Waals surface area contributed by atoms with Crippen molar-refractivity contribution >= 4 is 12.3 Å². The second-order valence-electron chi connectivity index (χ2n) is 5.41. The Bertz CT molecular complexity index is 271. The van der Waals surface area contributed by atoms with Crippen LogP contribution >= 0.6 is 0 Å². The van der Waals surface area contributed by atoms with E-state index in [4.69, 9.17) is 0 Å². The molecule has 2 aliphatic heterocycles. The molecule has 2 rings (SSSR count). The molecule has 106 valence electrons. The Morgan fingerprint density at radius 2 is 1.83 bits per heavy atom. The van der Waals surface area contributed by atoms with Gasteiger partial charge in [-0.2, -0.15) is 0 Å². The number of carbonyl (C=O) groups excluding carboxylic acids is 2. The number of hydrogen-bond donors (Lipinski definition) is 0. The van der Waals surface area contributed by atoms with E-state index < -0.39 is 0 Å². The number of nitrogens with zero attached hydrogens (tertiary/aromatic N) is 1. The fourth-order valence-electron chi connectivity index (χ4n) is 2.16. The molecule has 2 atom stereocenters. The molecule has 0 aliphatic carbocycles. The van der Waals surface area contributed by atoms with Crippen molar-refractivity contribution in [2.75, 3.05) is 7.05 Å². The minimum atomic E-state index is -0.318. The van der Waals surface area contributed by atoms with Crippen molar-refractivity contribution in [1.82, 2.24) is 4.90 Å². The van der Waals surface area contributed by atoms with Gasteiger partial charge < -0.3 is 4.74 Å². The second-order valence-corrected chi connectivity index (χ2v) is 5.41. The van der Waals surface area contributed by atoms with Gasteiger partial charge in [-0.15, -0.1) is 0 Å². The van der Waals surface area contributed by atoms with E-state index in [0.29, 0.717) is 24.3 Å². The third kappa shape index (κ3) is 5.17. The van der Waals surface area contributed by atoms with Crippen molar-refractivity contribution < 1.29 is 14.3 Å². The van der Waals surface area contributed by atoms with Crippen LogP contribution in [0, 0.1) is 0 Å². The first-order valence-corrected chi connectivity index (χ1v) is 6.71. The number of Topliss-reactive ketones (excluding diaryl/α,β-unsaturated/α-hetero) is 1. The van der Waals surface area contributed by atoms with Crippen LogP contribution in [0.25, 0.3) is 0 Å². The van der Waals surface area contributed by atoms with Gasteiger partial charge in [0.2, 0.25) is 0 Å². The van der Waals surface area contributed by atoms with Crippen LogP contribution in [0.5, 0.6) is 0 Å². The van der Waals surface area contributed by atoms with E-state index in [1.165, 1.54) is 6.42 Å². The molecule has 0 unspecified atom stereocenters. The summed E-state index contributed by atoms with van der Waals surface area (Å²) in [5.74, 6) is 0.466. The predicted octanol–water partition coefficient (Wildman–Crippen LogP) is 2.41. The van der Waals surface area contributed by atoms with Crippen molar-refractivity contribution in [3.05, 3.63) is 0 Å². The lowest BCUT2D eigenvalue weighted by molar-refractivity contribution is -0.138. The molecule has 4 nitrogen and oxygen atoms in total. The van der Waals surface area contributed by atoms with E-state index in [-0.39, 0.29) is 5.60 Å². The highest BCUT2D eigenvalue weighted by molar-refractivity contribution is 5.87. The van der Waals surface area contributed by atoms with Crippen LogP contribution < -0.4 is 0 Å². The fraction of sp³-hybridized carbons (Fsp3) is 0.857. The molecule has 4 heteroatoms. The van der Waals surface area contributed by atoms with E-state index >= 15 is 0 Å². The molecule has 0 N–H and O–H groups in total. The quantitative estimate of drug-likeness (QED) is 0.677. The summed E-state index contributed by atoms with van der Waals surface area (Å²) in [5.41, 5.74) is -0.318. The van der Waals surface area contributed by atoms with Crippen LogP contribution in [0.1, 0.15) is 53.9 Å². The average molecular weight is 257 g/mol. The molecule has 0 aromatic rings. The SMILES string of the molecule is CC.CC(C)(C)OC=O.CN1[C@H]2CC[C@@H]1C(=O)C2. The maximum absolute atomic E-state index is 11.0. The van der Waals surface area contributed by atoms with Crippen LogP contribution in [0.3, 0.4) is 0 Å². The average Bonchev–Trinajstić information content (AvgIpc) is 2.75. The van der Waals surface area contributed by atoms with Gasteiger partial charge in [0, 0.05) is 12.5 Å². The zero-order valence-corrected chi connectivity index (χ0v) is 12.5. The van der Waals surface area contributed by atoms with Gasteiger partial charge in [0.1, 0.15) is 5.60 Å². The molecule has 2 heterocycles. The summed E-state index contributed by atoms with van der Waals surface area (Å²) in [4.78, 5) is 22.8. The Labute approximate surface area is 111 Å². The third-order valence-corrected chi connectivity index (χ3v) is 3.05. The van der Waals surface area contributed by atoms with Crippen molar-refractivity contribution in [2.45, 2.75) is 71.6 Å². The summed E-state index contributed by atoms with van der Waals surface area (Å²) in [6, 6.07) is 0.900. The standard InChI is InChI=1S/C7H11NO.C5H10O2.C2H6/c1-8-5-2-3-6(8)7(9)4-5;1-5(2,3)7-4-6;1-2/h5-6H,2-4H2,1H3;4H,1-3H3;1-2H3/t5-,6+;;/m0../s1. The van der Waals surface area contributed by atoms with Crippen LogP contribution in [0.15, 0.2) is 0 Å². The molecule has 2 fully saturated rings. The monoisotopic (exact) mass is 257 g/mol. The van der Waals surface area contributed by atoms with Gasteiger partial charge in [-0.3, -0.25) is 14.5 Å². The number of hydrogen-bond acceptors (Lipinski definition) is 4. The molecular formula is C14H27NO3. The highest BCUT2D eigenvalue weighted by Crippen LogP contribution is 2.32. The van der Waals surface area contributed by atoms with Gasteiger partial charge in [0.15, 0.2) is 5.78 Å². The lowest BCUT2D eigenvalue weighted by atomic mass is 10.00. The lowest BCUT2D eigenvalue weighted by Crippen LogP contribution is -2.25. The normalized spacial score (nSPS) is 25.8. The van der Waals surface area contributed by atoms with Crippen LogP contribution in [0.4, 0.5) is 0 Å². The Morgan fingerprint density at radius 3 is 1.94 bits per heavy atom. The minimum Gasteiger partial charge on any atom is -0.462 e. The smallest absolute Gasteiger partial charge is 0.293 e. The van der Waals surface area contributed by atoms with Gasteiger partial charge in [-0.1, -0.05) is 13.8 Å². The van der Waals surface area contributed by atoms with Crippen LogP contribution in [0.2, 0.25) is 0 Å². The van der Waals surface area contributed by atoms with Gasteiger partial charge in [0.25, 0.3) is 6.47 Å². The summed E-state index contributed by atoms with van der Waals surface area (Å²) in [7, 11) is 2.06. The number of ketones is 1. The molecule has 0 saturated carbocycles. The highest BCUT2D eigenvalue weighted by atomic mass is 16.5. The van der Waals surface area contributed by atoms with Crippen molar-refractivity contribution in [3.63, 3.8) is 0 Å². The van der Waals surface area contributed by atoms with E-state index in [1.807, 2.05) is 34.6 Å². The van der Waals surface area contributed by atoms with Crippen LogP contribution in [-0.2, 0) is 14.3 Å². The first-order chi connectivity index (χ1) is 8.35. The molecule has 0 aromatic heterocycles. The maximum atomic E-state index is 11.0. The second kappa shape index (κ2) is 7.52. The zero-order valence-electron chi connectivity index (χ0n) is 12.5. The Morgan fingerprint density at radius 1 is 1.28 bits per heavy atom. The summed E-state index contributed by atoms with van der Waals surface area (Å²) in [6.45, 7) is 9.92. The maximum Gasteiger partial charge on any atom is 0.293 e. The molecule has 0 radical (unpaired) electrons. The van der Waals surface area contributed by atoms with Crippen molar-refractivity contribution in [2.24, 2.45) is 0 Å². The zero-order chi connectivity index (χ0) is 14.3. The summed E-state index contributed by atoms with van der Waals surface area (Å²) in [5, 5.41) is 0. The summed E-state index contributed by atoms with van der Waals surface area (Å²) < 4.78 is 4.55. The fourth-order valence-corrected chi connectivity index (χ4v) is 2.16. The van der Waals surface area contributed by atoms with Gasteiger partial charge in [0.05, 0.1) is 6.04 Å². The van der Waals surface area contributed by atoms with Gasteiger partial charge >= 0.3 is 0 Å². The number of fused-ring (bicyclic) bond motifs is 2. The van der Waals surface area contributed by atoms with Gasteiger partial charge in [-0.25, -0.2) is 0 Å². The molecule has 0 spiro atoms. The molecule has 0 amide bonds. The largest absolute Gasteiger partial charge is 0.462 e. The Kier molecular flexibility index (Phi) is 7.14. The molecule has 0 aromatic carbocycles. The number of likely N-dealkylation sites (N-methyl/N-ethyl adjacent to an activating group) is 1. The first-order valence-electron chi connectivity index (χ1n) is 6.71. The molecule has 2 saturated heterocycles. The third-order valence-electron chi connectivity index (χ3n) is 3.05. The summed E-state index contributed by atoms with van der Waals surface area (Å²) in [6.07, 6.45) is 3.17. The number of carbonyl (C=O) groups is 2. The Hall–Kier alpha value is -0.900. The van der Waals surface area contributed by atoms with Crippen LogP contribution in [-0.4, -0.2) is 41.9 Å². The van der Waals surface area contributed by atoms with Gasteiger partial charge in [-0.05, 0) is 40.7 Å². The summed E-state index contributed by atoms with van der Waals surface area (Å²) >= 11 is 0. The van der Waals surface area contributed by atoms with Crippen molar-refractivity contribution in [1.29, 1.82) is 0 Å². The number of ether oxygens (including phenoxy) is 1. The first kappa shape index (κ1) is 17.1. The number of rotatable bonds is 1. The Balaban J connectivity index is 0.000000292. The molecule has 2 bridgehead atoms. The van der Waals surface area contributed by atoms with E-state index in [9.17, 15) is 9.59 Å². The lowest BCUT2D eigenvalue weighted by Gasteiger charge is -2.14. The topological polar surface area (TPSA) is 46.6 Å². The van der Waals surface area contributed by atoms with E-state index in [0.717, 1.165) is 12.8 Å². The predicted molar refractivity (Wildman–Crippen MR) is 72.4 cm³/mol.